The number of imidazole rings is 1. The largest absolute Gasteiger partial charge is 0.337 e. The smallest absolute Gasteiger partial charge is 0.181 e. The van der Waals surface area contributed by atoms with E-state index in [9.17, 15) is 4.39 Å². The molecule has 45 heavy (non-hydrogen) atoms. The van der Waals surface area contributed by atoms with Gasteiger partial charge in [-0.15, -0.1) is 0 Å². The van der Waals surface area contributed by atoms with Crippen LogP contribution in [-0.4, -0.2) is 48.1 Å². The van der Waals surface area contributed by atoms with E-state index in [4.69, 9.17) is 4.98 Å². The fraction of sp³-hybridized carbons (Fsp3) is 0.278. The third-order valence-corrected chi connectivity index (χ3v) is 9.24. The molecule has 1 saturated carbocycles. The Morgan fingerprint density at radius 1 is 1.13 bits per heavy atom. The summed E-state index contributed by atoms with van der Waals surface area (Å²) >= 11 is 0. The molecule has 0 atom stereocenters. The first-order chi connectivity index (χ1) is 21.7. The first kappa shape index (κ1) is 30.7. The van der Waals surface area contributed by atoms with Crippen molar-refractivity contribution in [1.29, 1.82) is 0 Å². The zero-order chi connectivity index (χ0) is 31.6. The molecule has 1 aliphatic carbocycles. The molecule has 0 saturated heterocycles. The number of hydrogen-bond donors (Lipinski definition) is 3. The SMILES string of the molecule is C=C/C(=C\C(=C/C)c1cnc2n[nH]c(-c3nc4c(-c5cc(F)cc(CNS(=C)(=C)C)c5)nccc4[nH]3)c2c1)CC1CCCCC1. The van der Waals surface area contributed by atoms with Gasteiger partial charge in [0.25, 0.3) is 0 Å². The van der Waals surface area contributed by atoms with Crippen LogP contribution in [0.15, 0.2) is 73.1 Å². The Morgan fingerprint density at radius 3 is 2.71 bits per heavy atom. The van der Waals surface area contributed by atoms with E-state index in [1.165, 1.54) is 49.8 Å². The summed E-state index contributed by atoms with van der Waals surface area (Å²) in [6, 6.07) is 8.90. The molecule has 0 bridgehead atoms. The summed E-state index contributed by atoms with van der Waals surface area (Å²) in [5.74, 6) is 9.10. The van der Waals surface area contributed by atoms with Crippen LogP contribution in [0, 0.1) is 11.7 Å². The van der Waals surface area contributed by atoms with Crippen molar-refractivity contribution in [3.05, 3.63) is 90.0 Å². The van der Waals surface area contributed by atoms with Gasteiger partial charge in [0.15, 0.2) is 11.5 Å². The predicted molar refractivity (Wildman–Crippen MR) is 190 cm³/mol. The van der Waals surface area contributed by atoms with Crippen LogP contribution in [0.2, 0.25) is 0 Å². The minimum Gasteiger partial charge on any atom is -0.337 e. The number of nitrogens with one attached hydrogen (secondary N) is 3. The van der Waals surface area contributed by atoms with Crippen LogP contribution in [0.5, 0.6) is 0 Å². The number of hydrogen-bond acceptors (Lipinski definition) is 5. The van der Waals surface area contributed by atoms with Gasteiger partial charge in [-0.1, -0.05) is 68.7 Å². The Labute approximate surface area is 264 Å². The summed E-state index contributed by atoms with van der Waals surface area (Å²) in [5.41, 5.74) is 8.13. The highest BCUT2D eigenvalue weighted by Crippen LogP contribution is 2.33. The summed E-state index contributed by atoms with van der Waals surface area (Å²) in [4.78, 5) is 17.6. The van der Waals surface area contributed by atoms with E-state index in [0.717, 1.165) is 45.6 Å². The van der Waals surface area contributed by atoms with Crippen molar-refractivity contribution in [2.75, 3.05) is 6.26 Å². The van der Waals surface area contributed by atoms with E-state index in [1.807, 2.05) is 37.6 Å². The number of H-pyrrole nitrogens is 2. The van der Waals surface area contributed by atoms with Crippen LogP contribution in [0.25, 0.3) is 50.4 Å². The quantitative estimate of drug-likeness (QED) is 0.107. The monoisotopic (exact) mass is 621 g/mol. The molecule has 232 valence electrons. The number of nitrogens with zero attached hydrogens (tertiary/aromatic N) is 4. The summed E-state index contributed by atoms with van der Waals surface area (Å²) in [7, 11) is -1.44. The van der Waals surface area contributed by atoms with Crippen molar-refractivity contribution >= 4 is 48.8 Å². The van der Waals surface area contributed by atoms with E-state index in [0.29, 0.717) is 34.8 Å². The van der Waals surface area contributed by atoms with Crippen molar-refractivity contribution in [3.63, 3.8) is 0 Å². The average Bonchev–Trinajstić information content (AvgIpc) is 3.66. The maximum absolute atomic E-state index is 14.7. The minimum absolute atomic E-state index is 0.339. The van der Waals surface area contributed by atoms with E-state index in [2.05, 4.69) is 66.4 Å². The van der Waals surface area contributed by atoms with Crippen LogP contribution in [0.4, 0.5) is 4.39 Å². The lowest BCUT2D eigenvalue weighted by molar-refractivity contribution is 0.358. The van der Waals surface area contributed by atoms with E-state index in [-0.39, 0.29) is 5.82 Å². The molecule has 1 fully saturated rings. The van der Waals surface area contributed by atoms with Gasteiger partial charge in [0.05, 0.1) is 16.6 Å². The molecular formula is C36H40FN7S. The second kappa shape index (κ2) is 12.9. The van der Waals surface area contributed by atoms with Gasteiger partial charge >= 0.3 is 0 Å². The second-order valence-electron chi connectivity index (χ2n) is 12.2. The number of allylic oxidation sites excluding steroid dienone is 5. The molecule has 6 rings (SSSR count). The standard InChI is InChI=1S/C36H40FN7S/c1-6-23(15-24-11-9-8-10-12-24)16-26(7-2)28-20-30-33(43-44-35(30)39-22-28)36-41-31-13-14-38-32(34(31)42-36)27-17-25(18-29(37)19-27)21-40-45(3,4)5/h6-7,13-14,16-20,22,24,40H,1,3-4,8-12,15,21H2,2,5H3,(H,41,42)(H,39,43,44)/b23-16+,26-7+. The lowest BCUT2D eigenvalue weighted by atomic mass is 9.84. The average molecular weight is 622 g/mol. The van der Waals surface area contributed by atoms with Crippen LogP contribution >= 0.6 is 9.39 Å². The lowest BCUT2D eigenvalue weighted by Gasteiger charge is -2.22. The van der Waals surface area contributed by atoms with Crippen molar-refractivity contribution in [2.24, 2.45) is 5.92 Å². The molecule has 9 heteroatoms. The Bertz CT molecular complexity index is 2040. The molecule has 0 radical (unpaired) electrons. The maximum atomic E-state index is 14.7. The van der Waals surface area contributed by atoms with Gasteiger partial charge in [0.2, 0.25) is 0 Å². The van der Waals surface area contributed by atoms with Crippen LogP contribution in [-0.2, 0) is 6.54 Å². The molecular weight excluding hydrogens is 582 g/mol. The highest BCUT2D eigenvalue weighted by atomic mass is 32.2. The van der Waals surface area contributed by atoms with Gasteiger partial charge < -0.3 is 4.98 Å². The fourth-order valence-corrected chi connectivity index (χ4v) is 6.62. The topological polar surface area (TPSA) is 95.2 Å². The summed E-state index contributed by atoms with van der Waals surface area (Å²) in [5, 5.41) is 8.45. The molecule has 0 aliphatic heterocycles. The summed E-state index contributed by atoms with van der Waals surface area (Å²) < 4.78 is 18.0. The number of aromatic nitrogens is 6. The number of fused-ring (bicyclic) bond motifs is 2. The van der Waals surface area contributed by atoms with Gasteiger partial charge in [-0.2, -0.15) is 14.5 Å². The third kappa shape index (κ3) is 7.00. The number of benzene rings is 1. The number of halogens is 1. The molecule has 7 nitrogen and oxygen atoms in total. The first-order valence-electron chi connectivity index (χ1n) is 15.4. The zero-order valence-electron chi connectivity index (χ0n) is 26.0. The lowest BCUT2D eigenvalue weighted by Crippen LogP contribution is -2.08. The highest BCUT2D eigenvalue weighted by Gasteiger charge is 2.18. The summed E-state index contributed by atoms with van der Waals surface area (Å²) in [6.45, 7) is 6.62. The Hall–Kier alpha value is -4.34. The Morgan fingerprint density at radius 2 is 1.96 bits per heavy atom. The molecule has 4 aromatic heterocycles. The second-order valence-corrected chi connectivity index (χ2v) is 15.0. The van der Waals surface area contributed by atoms with E-state index < -0.39 is 9.39 Å². The minimum atomic E-state index is -1.44. The van der Waals surface area contributed by atoms with Gasteiger partial charge in [0, 0.05) is 30.1 Å². The predicted octanol–water partition coefficient (Wildman–Crippen LogP) is 8.49. The molecule has 1 aliphatic rings. The van der Waals surface area contributed by atoms with E-state index >= 15 is 0 Å². The molecule has 0 unspecified atom stereocenters. The van der Waals surface area contributed by atoms with Crippen LogP contribution in [0.1, 0.15) is 56.6 Å². The van der Waals surface area contributed by atoms with Crippen molar-refractivity contribution < 1.29 is 4.39 Å². The molecule has 5 aromatic rings. The van der Waals surface area contributed by atoms with E-state index in [1.54, 1.807) is 6.20 Å². The van der Waals surface area contributed by atoms with Crippen LogP contribution < -0.4 is 4.72 Å². The maximum Gasteiger partial charge on any atom is 0.181 e. The summed E-state index contributed by atoms with van der Waals surface area (Å²) in [6.07, 6.45) is 19.5. The molecule has 4 heterocycles. The van der Waals surface area contributed by atoms with Crippen molar-refractivity contribution in [3.8, 4) is 22.8 Å². The van der Waals surface area contributed by atoms with Crippen LogP contribution in [0.3, 0.4) is 0 Å². The molecule has 0 spiro atoms. The Kier molecular flexibility index (Phi) is 8.83. The third-order valence-electron chi connectivity index (χ3n) is 8.40. The van der Waals surface area contributed by atoms with Crippen molar-refractivity contribution in [1.82, 2.24) is 34.9 Å². The Balaban J connectivity index is 1.34. The molecule has 0 amide bonds. The van der Waals surface area contributed by atoms with Crippen molar-refractivity contribution in [2.45, 2.75) is 52.0 Å². The number of aromatic amines is 2. The normalized spacial score (nSPS) is 15.3. The first-order valence-corrected chi connectivity index (χ1v) is 17.8. The fourth-order valence-electron chi connectivity index (χ4n) is 6.11. The highest BCUT2D eigenvalue weighted by molar-refractivity contribution is 8.25. The van der Waals surface area contributed by atoms with Gasteiger partial charge in [-0.3, -0.25) is 14.8 Å². The zero-order valence-corrected chi connectivity index (χ0v) is 26.8. The molecule has 1 aromatic carbocycles. The molecule has 3 N–H and O–H groups in total. The number of rotatable bonds is 10. The number of pyridine rings is 2. The van der Waals surface area contributed by atoms with Gasteiger partial charge in [-0.25, -0.2) is 14.4 Å². The van der Waals surface area contributed by atoms with Gasteiger partial charge in [-0.05, 0) is 72.6 Å². The van der Waals surface area contributed by atoms with Gasteiger partial charge in [0.1, 0.15) is 17.0 Å².